The van der Waals surface area contributed by atoms with Crippen molar-refractivity contribution in [1.82, 2.24) is 10.3 Å². The standard InChI is InChI=1S/C14H22N2S/c1-13(2)5-7-14(8-6-13,16-11-3-4-11)12-15-9-10-17-12/h9-11,16H,3-8H2,1-2H3. The van der Waals surface area contributed by atoms with E-state index in [9.17, 15) is 0 Å². The van der Waals surface area contributed by atoms with Gasteiger partial charge < -0.3 is 5.32 Å². The summed E-state index contributed by atoms with van der Waals surface area (Å²) in [5, 5.41) is 7.33. The molecular formula is C14H22N2S. The van der Waals surface area contributed by atoms with Gasteiger partial charge in [-0.1, -0.05) is 13.8 Å². The molecule has 0 spiro atoms. The highest BCUT2D eigenvalue weighted by atomic mass is 32.1. The van der Waals surface area contributed by atoms with E-state index in [4.69, 9.17) is 0 Å². The molecular weight excluding hydrogens is 228 g/mol. The van der Waals surface area contributed by atoms with Gasteiger partial charge in [0.15, 0.2) is 0 Å². The quantitative estimate of drug-likeness (QED) is 0.885. The van der Waals surface area contributed by atoms with Crippen molar-refractivity contribution in [2.24, 2.45) is 5.41 Å². The highest BCUT2D eigenvalue weighted by Crippen LogP contribution is 2.46. The highest BCUT2D eigenvalue weighted by Gasteiger charge is 2.44. The average molecular weight is 250 g/mol. The Kier molecular flexibility index (Phi) is 2.79. The predicted octanol–water partition coefficient (Wildman–Crippen LogP) is 3.69. The summed E-state index contributed by atoms with van der Waals surface area (Å²) in [6.07, 6.45) is 9.80. The summed E-state index contributed by atoms with van der Waals surface area (Å²) >= 11 is 1.82. The second-order valence-corrected chi connectivity index (χ2v) is 7.40. The maximum atomic E-state index is 4.60. The Hall–Kier alpha value is -0.410. The largest absolute Gasteiger partial charge is 0.303 e. The van der Waals surface area contributed by atoms with Crippen LogP contribution in [-0.2, 0) is 5.54 Å². The van der Waals surface area contributed by atoms with Gasteiger partial charge in [-0.3, -0.25) is 0 Å². The van der Waals surface area contributed by atoms with Gasteiger partial charge in [0.1, 0.15) is 5.01 Å². The Morgan fingerprint density at radius 3 is 2.47 bits per heavy atom. The second-order valence-electron chi connectivity index (χ2n) is 6.50. The molecule has 2 saturated carbocycles. The van der Waals surface area contributed by atoms with Crippen LogP contribution in [-0.4, -0.2) is 11.0 Å². The number of hydrogen-bond acceptors (Lipinski definition) is 3. The average Bonchev–Trinajstić information content (AvgIpc) is 2.93. The van der Waals surface area contributed by atoms with Gasteiger partial charge in [-0.15, -0.1) is 11.3 Å². The van der Waals surface area contributed by atoms with Crippen LogP contribution in [0.2, 0.25) is 0 Å². The van der Waals surface area contributed by atoms with Crippen LogP contribution < -0.4 is 5.32 Å². The maximum Gasteiger partial charge on any atom is 0.113 e. The molecule has 3 heteroatoms. The lowest BCUT2D eigenvalue weighted by molar-refractivity contribution is 0.132. The lowest BCUT2D eigenvalue weighted by atomic mass is 9.69. The molecule has 1 aromatic heterocycles. The van der Waals surface area contributed by atoms with Crippen molar-refractivity contribution >= 4 is 11.3 Å². The summed E-state index contributed by atoms with van der Waals surface area (Å²) in [5.41, 5.74) is 0.719. The van der Waals surface area contributed by atoms with Crippen LogP contribution in [0, 0.1) is 5.41 Å². The summed E-state index contributed by atoms with van der Waals surface area (Å²) in [6, 6.07) is 0.764. The van der Waals surface area contributed by atoms with Crippen molar-refractivity contribution in [2.45, 2.75) is 64.0 Å². The van der Waals surface area contributed by atoms with Crippen LogP contribution in [0.15, 0.2) is 11.6 Å². The van der Waals surface area contributed by atoms with Crippen molar-refractivity contribution in [3.63, 3.8) is 0 Å². The Morgan fingerprint density at radius 2 is 1.94 bits per heavy atom. The Morgan fingerprint density at radius 1 is 1.24 bits per heavy atom. The molecule has 0 aromatic carbocycles. The summed E-state index contributed by atoms with van der Waals surface area (Å²) in [7, 11) is 0. The molecule has 2 aliphatic rings. The molecule has 0 amide bonds. The van der Waals surface area contributed by atoms with Crippen molar-refractivity contribution in [2.75, 3.05) is 0 Å². The van der Waals surface area contributed by atoms with Crippen molar-refractivity contribution in [1.29, 1.82) is 0 Å². The molecule has 1 heterocycles. The van der Waals surface area contributed by atoms with E-state index in [0.29, 0.717) is 5.41 Å². The lowest BCUT2D eigenvalue weighted by Gasteiger charge is -2.43. The van der Waals surface area contributed by atoms with E-state index < -0.39 is 0 Å². The molecule has 0 aliphatic heterocycles. The first-order valence-electron chi connectivity index (χ1n) is 6.77. The van der Waals surface area contributed by atoms with Crippen LogP contribution >= 0.6 is 11.3 Å². The number of nitrogens with zero attached hydrogens (tertiary/aromatic N) is 1. The molecule has 0 bridgehead atoms. The SMILES string of the molecule is CC1(C)CCC(NC2CC2)(c2nccs2)CC1. The van der Waals surface area contributed by atoms with Gasteiger partial charge >= 0.3 is 0 Å². The van der Waals surface area contributed by atoms with Crippen LogP contribution in [0.3, 0.4) is 0 Å². The van der Waals surface area contributed by atoms with Gasteiger partial charge in [-0.25, -0.2) is 4.98 Å². The molecule has 0 unspecified atom stereocenters. The van der Waals surface area contributed by atoms with Crippen molar-refractivity contribution in [3.05, 3.63) is 16.6 Å². The van der Waals surface area contributed by atoms with Gasteiger partial charge in [0.05, 0.1) is 5.54 Å². The number of hydrogen-bond donors (Lipinski definition) is 1. The van der Waals surface area contributed by atoms with E-state index in [1.54, 1.807) is 0 Å². The minimum absolute atomic E-state index is 0.199. The Labute approximate surface area is 108 Å². The summed E-state index contributed by atoms with van der Waals surface area (Å²) in [4.78, 5) is 4.60. The molecule has 17 heavy (non-hydrogen) atoms. The van der Waals surface area contributed by atoms with E-state index in [2.05, 4.69) is 29.5 Å². The first-order valence-corrected chi connectivity index (χ1v) is 7.65. The zero-order chi connectivity index (χ0) is 11.9. The molecule has 3 rings (SSSR count). The minimum atomic E-state index is 0.199. The lowest BCUT2D eigenvalue weighted by Crippen LogP contribution is -2.47. The third-order valence-electron chi connectivity index (χ3n) is 4.36. The molecule has 2 nitrogen and oxygen atoms in total. The number of rotatable bonds is 3. The smallest absolute Gasteiger partial charge is 0.113 e. The van der Waals surface area contributed by atoms with Crippen LogP contribution in [0.5, 0.6) is 0 Å². The third-order valence-corrected chi connectivity index (χ3v) is 5.33. The van der Waals surface area contributed by atoms with E-state index in [1.807, 2.05) is 17.5 Å². The first kappa shape index (κ1) is 11.7. The van der Waals surface area contributed by atoms with E-state index in [1.165, 1.54) is 43.5 Å². The maximum absolute atomic E-state index is 4.60. The number of aromatic nitrogens is 1. The fourth-order valence-corrected chi connectivity index (χ4v) is 3.71. The number of nitrogens with one attached hydrogen (secondary N) is 1. The molecule has 1 aromatic rings. The molecule has 2 aliphatic carbocycles. The van der Waals surface area contributed by atoms with Gasteiger partial charge in [-0.2, -0.15) is 0 Å². The van der Waals surface area contributed by atoms with E-state index >= 15 is 0 Å². The normalized spacial score (nSPS) is 26.9. The van der Waals surface area contributed by atoms with E-state index in [-0.39, 0.29) is 5.54 Å². The monoisotopic (exact) mass is 250 g/mol. The Bertz CT molecular complexity index is 369. The summed E-state index contributed by atoms with van der Waals surface area (Å²) in [5.74, 6) is 0. The van der Waals surface area contributed by atoms with Crippen molar-refractivity contribution in [3.8, 4) is 0 Å². The first-order chi connectivity index (χ1) is 8.10. The van der Waals surface area contributed by atoms with Crippen LogP contribution in [0.25, 0.3) is 0 Å². The predicted molar refractivity (Wildman–Crippen MR) is 72.2 cm³/mol. The van der Waals surface area contributed by atoms with Gasteiger partial charge in [0.2, 0.25) is 0 Å². The molecule has 2 fully saturated rings. The fourth-order valence-electron chi connectivity index (χ4n) is 2.85. The highest BCUT2D eigenvalue weighted by molar-refractivity contribution is 7.09. The fraction of sp³-hybridized carbons (Fsp3) is 0.786. The topological polar surface area (TPSA) is 24.9 Å². The molecule has 94 valence electrons. The zero-order valence-electron chi connectivity index (χ0n) is 10.8. The van der Waals surface area contributed by atoms with Crippen LogP contribution in [0.1, 0.15) is 57.4 Å². The molecule has 0 saturated heterocycles. The summed E-state index contributed by atoms with van der Waals surface area (Å²) < 4.78 is 0. The minimum Gasteiger partial charge on any atom is -0.303 e. The van der Waals surface area contributed by atoms with Gasteiger partial charge in [-0.05, 0) is 43.9 Å². The van der Waals surface area contributed by atoms with Gasteiger partial charge in [0, 0.05) is 17.6 Å². The number of thiazole rings is 1. The third kappa shape index (κ3) is 2.41. The molecule has 0 radical (unpaired) electrons. The molecule has 1 N–H and O–H groups in total. The van der Waals surface area contributed by atoms with Crippen LogP contribution in [0.4, 0.5) is 0 Å². The zero-order valence-corrected chi connectivity index (χ0v) is 11.6. The molecule has 0 atom stereocenters. The Balaban J connectivity index is 1.82. The van der Waals surface area contributed by atoms with Crippen molar-refractivity contribution < 1.29 is 0 Å². The van der Waals surface area contributed by atoms with E-state index in [0.717, 1.165) is 6.04 Å². The summed E-state index contributed by atoms with van der Waals surface area (Å²) in [6.45, 7) is 4.80. The van der Waals surface area contributed by atoms with Gasteiger partial charge in [0.25, 0.3) is 0 Å². The second kappa shape index (κ2) is 4.06.